The number of nitrogens with zero attached hydrogens (tertiary/aromatic N) is 3. The van der Waals surface area contributed by atoms with Crippen LogP contribution in [-0.4, -0.2) is 47.2 Å². The second-order valence-corrected chi connectivity index (χ2v) is 4.64. The molecule has 1 heterocycles. The van der Waals surface area contributed by atoms with Crippen molar-refractivity contribution in [3.05, 3.63) is 5.01 Å². The van der Waals surface area contributed by atoms with Crippen LogP contribution >= 0.6 is 11.3 Å². The Morgan fingerprint density at radius 1 is 1.41 bits per heavy atom. The second-order valence-electron chi connectivity index (χ2n) is 3.64. The third kappa shape index (κ3) is 4.66. The van der Waals surface area contributed by atoms with Crippen molar-refractivity contribution in [1.82, 2.24) is 20.4 Å². The molecule has 1 aromatic heterocycles. The first-order valence-electron chi connectivity index (χ1n) is 5.76. The van der Waals surface area contributed by atoms with E-state index in [0.29, 0.717) is 16.7 Å². The Morgan fingerprint density at radius 3 is 2.71 bits per heavy atom. The SMILES string of the molecule is CCCN(CC)CCNC(=O)c1nnc(N)s1. The number of hydrogen-bond donors (Lipinski definition) is 2. The van der Waals surface area contributed by atoms with Crippen LogP contribution in [0.2, 0.25) is 0 Å². The van der Waals surface area contributed by atoms with Crippen LogP contribution in [0.4, 0.5) is 5.13 Å². The van der Waals surface area contributed by atoms with Gasteiger partial charge in [0.15, 0.2) is 0 Å². The van der Waals surface area contributed by atoms with Crippen molar-refractivity contribution in [2.24, 2.45) is 0 Å². The van der Waals surface area contributed by atoms with Crippen LogP contribution in [0.1, 0.15) is 30.1 Å². The molecule has 0 saturated carbocycles. The zero-order valence-corrected chi connectivity index (χ0v) is 11.1. The van der Waals surface area contributed by atoms with Crippen LogP contribution in [0.5, 0.6) is 0 Å². The normalized spacial score (nSPS) is 10.8. The van der Waals surface area contributed by atoms with Gasteiger partial charge in [0.2, 0.25) is 10.1 Å². The van der Waals surface area contributed by atoms with Gasteiger partial charge in [0, 0.05) is 13.1 Å². The largest absolute Gasteiger partial charge is 0.374 e. The molecule has 17 heavy (non-hydrogen) atoms. The Labute approximate surface area is 105 Å². The fraction of sp³-hybridized carbons (Fsp3) is 0.700. The van der Waals surface area contributed by atoms with E-state index in [0.717, 1.165) is 37.4 Å². The minimum absolute atomic E-state index is 0.202. The van der Waals surface area contributed by atoms with E-state index in [-0.39, 0.29) is 5.91 Å². The van der Waals surface area contributed by atoms with E-state index in [1.165, 1.54) is 0 Å². The van der Waals surface area contributed by atoms with Crippen LogP contribution in [0.3, 0.4) is 0 Å². The highest BCUT2D eigenvalue weighted by molar-refractivity contribution is 7.16. The van der Waals surface area contributed by atoms with Gasteiger partial charge in [-0.25, -0.2) is 0 Å². The number of nitrogen functional groups attached to an aromatic ring is 1. The zero-order chi connectivity index (χ0) is 12.7. The number of likely N-dealkylation sites (N-methyl/N-ethyl adjacent to an activating group) is 1. The van der Waals surface area contributed by atoms with E-state index >= 15 is 0 Å². The van der Waals surface area contributed by atoms with Crippen molar-refractivity contribution < 1.29 is 4.79 Å². The monoisotopic (exact) mass is 257 g/mol. The Morgan fingerprint density at radius 2 is 2.18 bits per heavy atom. The van der Waals surface area contributed by atoms with Gasteiger partial charge in [-0.05, 0) is 19.5 Å². The lowest BCUT2D eigenvalue weighted by atomic mass is 10.4. The Kier molecular flexibility index (Phi) is 5.85. The minimum atomic E-state index is -0.202. The summed E-state index contributed by atoms with van der Waals surface area (Å²) in [5.74, 6) is -0.202. The van der Waals surface area contributed by atoms with Gasteiger partial charge >= 0.3 is 0 Å². The second kappa shape index (κ2) is 7.18. The lowest BCUT2D eigenvalue weighted by Gasteiger charge is -2.19. The summed E-state index contributed by atoms with van der Waals surface area (Å²) in [7, 11) is 0. The van der Waals surface area contributed by atoms with Gasteiger partial charge in [-0.1, -0.05) is 25.2 Å². The third-order valence-electron chi connectivity index (χ3n) is 2.34. The van der Waals surface area contributed by atoms with E-state index in [4.69, 9.17) is 5.73 Å². The van der Waals surface area contributed by atoms with Crippen molar-refractivity contribution in [2.75, 3.05) is 31.9 Å². The molecule has 6 nitrogen and oxygen atoms in total. The summed E-state index contributed by atoms with van der Waals surface area (Å²) in [5.41, 5.74) is 5.41. The van der Waals surface area contributed by atoms with Gasteiger partial charge < -0.3 is 16.0 Å². The predicted octanol–water partition coefficient (Wildman–Crippen LogP) is 0.582. The minimum Gasteiger partial charge on any atom is -0.374 e. The molecule has 0 fully saturated rings. The molecule has 0 bridgehead atoms. The van der Waals surface area contributed by atoms with Gasteiger partial charge in [0.05, 0.1) is 0 Å². The molecule has 7 heteroatoms. The van der Waals surface area contributed by atoms with Gasteiger partial charge in [-0.15, -0.1) is 10.2 Å². The highest BCUT2D eigenvalue weighted by atomic mass is 32.1. The average Bonchev–Trinajstić information content (AvgIpc) is 2.74. The smallest absolute Gasteiger partial charge is 0.282 e. The molecule has 0 spiro atoms. The Hall–Kier alpha value is -1.21. The van der Waals surface area contributed by atoms with Crippen molar-refractivity contribution >= 4 is 22.4 Å². The quantitative estimate of drug-likeness (QED) is 0.746. The molecule has 0 aliphatic heterocycles. The summed E-state index contributed by atoms with van der Waals surface area (Å²) in [4.78, 5) is 13.9. The first-order valence-corrected chi connectivity index (χ1v) is 6.58. The molecule has 0 aromatic carbocycles. The molecule has 0 saturated heterocycles. The van der Waals surface area contributed by atoms with Gasteiger partial charge in [-0.3, -0.25) is 4.79 Å². The molecule has 3 N–H and O–H groups in total. The maximum Gasteiger partial charge on any atom is 0.282 e. The Balaban J connectivity index is 2.28. The van der Waals surface area contributed by atoms with E-state index in [9.17, 15) is 4.79 Å². The standard InChI is InChI=1S/C10H19N5OS/c1-3-6-15(4-2)7-5-12-8(16)9-13-14-10(11)17-9/h3-7H2,1-2H3,(H2,11,14)(H,12,16). The number of amides is 1. The molecule has 0 aliphatic rings. The fourth-order valence-electron chi connectivity index (χ4n) is 1.47. The first-order chi connectivity index (χ1) is 8.17. The molecule has 1 rings (SSSR count). The molecule has 0 aliphatic carbocycles. The van der Waals surface area contributed by atoms with Crippen molar-refractivity contribution in [3.63, 3.8) is 0 Å². The predicted molar refractivity (Wildman–Crippen MR) is 69.1 cm³/mol. The molecular weight excluding hydrogens is 238 g/mol. The number of aromatic nitrogens is 2. The average molecular weight is 257 g/mol. The summed E-state index contributed by atoms with van der Waals surface area (Å²) < 4.78 is 0. The van der Waals surface area contributed by atoms with Crippen molar-refractivity contribution in [2.45, 2.75) is 20.3 Å². The zero-order valence-electron chi connectivity index (χ0n) is 10.3. The van der Waals surface area contributed by atoms with E-state index in [1.54, 1.807) is 0 Å². The number of nitrogens with one attached hydrogen (secondary N) is 1. The number of nitrogens with two attached hydrogens (primary N) is 1. The van der Waals surface area contributed by atoms with Crippen LogP contribution in [0, 0.1) is 0 Å². The molecule has 1 amide bonds. The van der Waals surface area contributed by atoms with E-state index in [2.05, 4.69) is 34.3 Å². The van der Waals surface area contributed by atoms with Gasteiger partial charge in [0.1, 0.15) is 0 Å². The number of carbonyl (C=O) groups is 1. The lowest BCUT2D eigenvalue weighted by Crippen LogP contribution is -2.35. The van der Waals surface area contributed by atoms with Crippen LogP contribution in [0.15, 0.2) is 0 Å². The summed E-state index contributed by atoms with van der Waals surface area (Å²) in [5, 5.41) is 10.7. The summed E-state index contributed by atoms with van der Waals surface area (Å²) in [6.45, 7) is 7.78. The lowest BCUT2D eigenvalue weighted by molar-refractivity contribution is 0.0947. The van der Waals surface area contributed by atoms with Crippen LogP contribution in [-0.2, 0) is 0 Å². The molecular formula is C10H19N5OS. The highest BCUT2D eigenvalue weighted by Crippen LogP contribution is 2.09. The molecule has 0 unspecified atom stereocenters. The van der Waals surface area contributed by atoms with Crippen LogP contribution in [0.25, 0.3) is 0 Å². The van der Waals surface area contributed by atoms with Crippen molar-refractivity contribution in [1.29, 1.82) is 0 Å². The van der Waals surface area contributed by atoms with Gasteiger partial charge in [-0.2, -0.15) is 0 Å². The Bertz CT molecular complexity index is 354. The maximum absolute atomic E-state index is 11.6. The van der Waals surface area contributed by atoms with E-state index in [1.807, 2.05) is 0 Å². The molecule has 1 aromatic rings. The number of rotatable bonds is 7. The molecule has 96 valence electrons. The summed E-state index contributed by atoms with van der Waals surface area (Å²) in [6.07, 6.45) is 1.12. The fourth-order valence-corrected chi connectivity index (χ4v) is 2.00. The first kappa shape index (κ1) is 13.9. The van der Waals surface area contributed by atoms with Crippen molar-refractivity contribution in [3.8, 4) is 0 Å². The van der Waals surface area contributed by atoms with Gasteiger partial charge in [0.25, 0.3) is 5.91 Å². The third-order valence-corrected chi connectivity index (χ3v) is 3.09. The topological polar surface area (TPSA) is 84.1 Å². The highest BCUT2D eigenvalue weighted by Gasteiger charge is 2.11. The maximum atomic E-state index is 11.6. The summed E-state index contributed by atoms with van der Waals surface area (Å²) in [6, 6.07) is 0. The molecule has 0 atom stereocenters. The van der Waals surface area contributed by atoms with E-state index < -0.39 is 0 Å². The number of hydrogen-bond acceptors (Lipinski definition) is 6. The van der Waals surface area contributed by atoms with Crippen LogP contribution < -0.4 is 11.1 Å². The molecule has 0 radical (unpaired) electrons. The number of anilines is 1. The number of carbonyl (C=O) groups excluding carboxylic acids is 1. The summed E-state index contributed by atoms with van der Waals surface area (Å²) >= 11 is 1.10.